The van der Waals surface area contributed by atoms with Gasteiger partial charge in [-0.15, -0.1) is 0 Å². The standard InChI is InChI=1S/C18H18N4OS/c1-13-3-2-4-14(9-13)11-21-7-8-22(12-17(21)23)18-20-15-10-19-6-5-16(15)24-18/h2-6,9-10H,7-8,11-12H2,1H3. The van der Waals surface area contributed by atoms with E-state index >= 15 is 0 Å². The number of nitrogens with zero attached hydrogens (tertiary/aromatic N) is 4. The molecule has 3 aromatic rings. The minimum absolute atomic E-state index is 0.153. The summed E-state index contributed by atoms with van der Waals surface area (Å²) < 4.78 is 1.11. The number of piperazine rings is 1. The van der Waals surface area contributed by atoms with Gasteiger partial charge < -0.3 is 9.80 Å². The zero-order chi connectivity index (χ0) is 16.5. The van der Waals surface area contributed by atoms with Crippen LogP contribution in [0.15, 0.2) is 42.7 Å². The number of hydrogen-bond acceptors (Lipinski definition) is 5. The first-order valence-electron chi connectivity index (χ1n) is 7.98. The van der Waals surface area contributed by atoms with Crippen molar-refractivity contribution in [1.29, 1.82) is 0 Å². The number of carbonyl (C=O) groups is 1. The van der Waals surface area contributed by atoms with E-state index in [1.165, 1.54) is 11.1 Å². The average Bonchev–Trinajstić information content (AvgIpc) is 3.01. The second-order valence-corrected chi connectivity index (χ2v) is 7.07. The molecule has 122 valence electrons. The average molecular weight is 338 g/mol. The molecule has 0 saturated carbocycles. The largest absolute Gasteiger partial charge is 0.337 e. The Morgan fingerprint density at radius 2 is 2.17 bits per heavy atom. The van der Waals surface area contributed by atoms with Crippen molar-refractivity contribution in [3.05, 3.63) is 53.9 Å². The SMILES string of the molecule is Cc1cccc(CN2CCN(c3nc4cnccc4s3)CC2=O)c1. The van der Waals surface area contributed by atoms with Crippen molar-refractivity contribution in [2.45, 2.75) is 13.5 Å². The molecule has 0 aliphatic carbocycles. The van der Waals surface area contributed by atoms with Crippen molar-refractivity contribution in [2.24, 2.45) is 0 Å². The number of anilines is 1. The summed E-state index contributed by atoms with van der Waals surface area (Å²) >= 11 is 1.62. The van der Waals surface area contributed by atoms with Gasteiger partial charge in [0, 0.05) is 25.8 Å². The molecule has 1 aliphatic heterocycles. The van der Waals surface area contributed by atoms with Crippen molar-refractivity contribution in [3.8, 4) is 0 Å². The Balaban J connectivity index is 1.47. The maximum atomic E-state index is 12.5. The van der Waals surface area contributed by atoms with Crippen LogP contribution in [0.5, 0.6) is 0 Å². The van der Waals surface area contributed by atoms with E-state index < -0.39 is 0 Å². The number of thiazole rings is 1. The number of fused-ring (bicyclic) bond motifs is 1. The molecule has 1 aliphatic rings. The van der Waals surface area contributed by atoms with Crippen molar-refractivity contribution < 1.29 is 4.79 Å². The Kier molecular flexibility index (Phi) is 3.90. The fourth-order valence-corrected chi connectivity index (χ4v) is 3.93. The van der Waals surface area contributed by atoms with E-state index in [1.54, 1.807) is 23.7 Å². The highest BCUT2D eigenvalue weighted by Crippen LogP contribution is 2.29. The summed E-state index contributed by atoms with van der Waals surface area (Å²) in [6, 6.07) is 10.3. The molecule has 0 unspecified atom stereocenters. The van der Waals surface area contributed by atoms with E-state index in [1.807, 2.05) is 17.0 Å². The number of rotatable bonds is 3. The highest BCUT2D eigenvalue weighted by atomic mass is 32.1. The number of hydrogen-bond donors (Lipinski definition) is 0. The number of amides is 1. The molecule has 5 nitrogen and oxygen atoms in total. The Hall–Kier alpha value is -2.47. The van der Waals surface area contributed by atoms with E-state index in [0.717, 1.165) is 28.4 Å². The van der Waals surface area contributed by atoms with Gasteiger partial charge in [-0.3, -0.25) is 9.78 Å². The molecular weight excluding hydrogens is 320 g/mol. The quantitative estimate of drug-likeness (QED) is 0.737. The molecule has 1 saturated heterocycles. The first-order valence-corrected chi connectivity index (χ1v) is 8.79. The van der Waals surface area contributed by atoms with Crippen molar-refractivity contribution in [2.75, 3.05) is 24.5 Å². The number of carbonyl (C=O) groups excluding carboxylic acids is 1. The van der Waals surface area contributed by atoms with Crippen LogP contribution in [0.2, 0.25) is 0 Å². The topological polar surface area (TPSA) is 49.3 Å². The van der Waals surface area contributed by atoms with Crippen LogP contribution in [0.1, 0.15) is 11.1 Å². The number of benzene rings is 1. The van der Waals surface area contributed by atoms with Gasteiger partial charge in [0.25, 0.3) is 0 Å². The lowest BCUT2D eigenvalue weighted by Crippen LogP contribution is -2.50. The van der Waals surface area contributed by atoms with Gasteiger partial charge in [0.05, 0.1) is 17.4 Å². The third kappa shape index (κ3) is 2.97. The lowest BCUT2D eigenvalue weighted by atomic mass is 10.1. The molecule has 4 rings (SSSR count). The second-order valence-electron chi connectivity index (χ2n) is 6.07. The molecule has 0 bridgehead atoms. The third-order valence-electron chi connectivity index (χ3n) is 4.22. The monoisotopic (exact) mass is 338 g/mol. The van der Waals surface area contributed by atoms with Crippen LogP contribution in [0.4, 0.5) is 5.13 Å². The van der Waals surface area contributed by atoms with Crippen LogP contribution >= 0.6 is 11.3 Å². The van der Waals surface area contributed by atoms with E-state index in [4.69, 9.17) is 0 Å². The normalized spacial score (nSPS) is 15.3. The Morgan fingerprint density at radius 3 is 2.96 bits per heavy atom. The fourth-order valence-electron chi connectivity index (χ4n) is 2.97. The van der Waals surface area contributed by atoms with Gasteiger partial charge in [-0.25, -0.2) is 4.98 Å². The molecule has 3 heterocycles. The maximum Gasteiger partial charge on any atom is 0.242 e. The molecule has 1 amide bonds. The summed E-state index contributed by atoms with van der Waals surface area (Å²) in [6.07, 6.45) is 3.54. The lowest BCUT2D eigenvalue weighted by Gasteiger charge is -2.34. The molecule has 0 radical (unpaired) electrons. The molecular formula is C18H18N4OS. The van der Waals surface area contributed by atoms with Crippen molar-refractivity contribution in [1.82, 2.24) is 14.9 Å². The summed E-state index contributed by atoms with van der Waals surface area (Å²) in [5.41, 5.74) is 3.30. The van der Waals surface area contributed by atoms with Crippen LogP contribution in [-0.2, 0) is 11.3 Å². The Morgan fingerprint density at radius 1 is 1.25 bits per heavy atom. The van der Waals surface area contributed by atoms with Crippen molar-refractivity contribution in [3.63, 3.8) is 0 Å². The molecule has 6 heteroatoms. The van der Waals surface area contributed by atoms with Gasteiger partial charge >= 0.3 is 0 Å². The van der Waals surface area contributed by atoms with E-state index in [-0.39, 0.29) is 5.91 Å². The van der Waals surface area contributed by atoms with Crippen LogP contribution in [0, 0.1) is 6.92 Å². The maximum absolute atomic E-state index is 12.5. The van der Waals surface area contributed by atoms with Gasteiger partial charge in [-0.1, -0.05) is 41.2 Å². The van der Waals surface area contributed by atoms with Gasteiger partial charge in [-0.05, 0) is 18.6 Å². The lowest BCUT2D eigenvalue weighted by molar-refractivity contribution is -0.131. The smallest absolute Gasteiger partial charge is 0.242 e. The summed E-state index contributed by atoms with van der Waals surface area (Å²) in [6.45, 7) is 4.67. The first kappa shape index (κ1) is 15.1. The molecule has 0 spiro atoms. The van der Waals surface area contributed by atoms with E-state index in [9.17, 15) is 4.79 Å². The van der Waals surface area contributed by atoms with Gasteiger partial charge in [-0.2, -0.15) is 0 Å². The number of pyridine rings is 1. The molecule has 1 aromatic carbocycles. The van der Waals surface area contributed by atoms with Crippen LogP contribution in [0.25, 0.3) is 10.2 Å². The second kappa shape index (κ2) is 6.20. The van der Waals surface area contributed by atoms with E-state index in [2.05, 4.69) is 40.0 Å². The van der Waals surface area contributed by atoms with Crippen molar-refractivity contribution >= 4 is 32.6 Å². The molecule has 1 fully saturated rings. The highest BCUT2D eigenvalue weighted by Gasteiger charge is 2.26. The number of aromatic nitrogens is 2. The van der Waals surface area contributed by atoms with Gasteiger partial charge in [0.2, 0.25) is 5.91 Å². The Bertz CT molecular complexity index is 858. The molecule has 2 aromatic heterocycles. The summed E-state index contributed by atoms with van der Waals surface area (Å²) in [5, 5.41) is 0.904. The van der Waals surface area contributed by atoms with Gasteiger partial charge in [0.15, 0.2) is 5.13 Å². The van der Waals surface area contributed by atoms with Crippen LogP contribution in [0.3, 0.4) is 0 Å². The van der Waals surface area contributed by atoms with Crippen LogP contribution in [-0.4, -0.2) is 40.4 Å². The highest BCUT2D eigenvalue weighted by molar-refractivity contribution is 7.22. The minimum Gasteiger partial charge on any atom is -0.337 e. The molecule has 0 N–H and O–H groups in total. The summed E-state index contributed by atoms with van der Waals surface area (Å²) in [4.78, 5) is 25.2. The zero-order valence-electron chi connectivity index (χ0n) is 13.5. The first-order chi connectivity index (χ1) is 11.7. The molecule has 24 heavy (non-hydrogen) atoms. The zero-order valence-corrected chi connectivity index (χ0v) is 14.3. The predicted molar refractivity (Wildman–Crippen MR) is 96.2 cm³/mol. The van der Waals surface area contributed by atoms with Gasteiger partial charge in [0.1, 0.15) is 5.52 Å². The fraction of sp³-hybridized carbons (Fsp3) is 0.278. The third-order valence-corrected chi connectivity index (χ3v) is 5.32. The predicted octanol–water partition coefficient (Wildman–Crippen LogP) is 2.85. The minimum atomic E-state index is 0.153. The summed E-state index contributed by atoms with van der Waals surface area (Å²) in [7, 11) is 0. The summed E-state index contributed by atoms with van der Waals surface area (Å²) in [5.74, 6) is 0.153. The van der Waals surface area contributed by atoms with E-state index in [0.29, 0.717) is 13.1 Å². The Labute approximate surface area is 144 Å². The number of aryl methyl sites for hydroxylation is 1. The van der Waals surface area contributed by atoms with Crippen LogP contribution < -0.4 is 4.90 Å². The molecule has 0 atom stereocenters.